The molecule has 10 heteroatoms. The number of hydrazine groups is 1. The summed E-state index contributed by atoms with van der Waals surface area (Å²) in [7, 11) is 1.41. The lowest BCUT2D eigenvalue weighted by Gasteiger charge is -2.13. The van der Waals surface area contributed by atoms with Gasteiger partial charge in [-0.2, -0.15) is 0 Å². The van der Waals surface area contributed by atoms with Gasteiger partial charge in [0, 0.05) is 16.1 Å². The first kappa shape index (κ1) is 24.2. The minimum atomic E-state index is -0.529. The highest BCUT2D eigenvalue weighted by molar-refractivity contribution is 7.14. The number of carbonyl (C=O) groups is 3. The third kappa shape index (κ3) is 6.15. The molecule has 8 nitrogen and oxygen atoms in total. The fourth-order valence-corrected chi connectivity index (χ4v) is 4.80. The minimum Gasteiger partial charge on any atom is -0.493 e. The Morgan fingerprint density at radius 1 is 0.943 bits per heavy atom. The number of benzene rings is 2. The highest BCUT2D eigenvalue weighted by Crippen LogP contribution is 2.30. The number of anilines is 1. The second-order valence-electron chi connectivity index (χ2n) is 7.88. The van der Waals surface area contributed by atoms with Crippen molar-refractivity contribution >= 4 is 34.7 Å². The van der Waals surface area contributed by atoms with Crippen molar-refractivity contribution in [2.45, 2.75) is 25.7 Å². The number of halogens is 1. The predicted octanol–water partition coefficient (Wildman–Crippen LogP) is 3.87. The van der Waals surface area contributed by atoms with Crippen LogP contribution in [0.5, 0.6) is 11.5 Å². The van der Waals surface area contributed by atoms with Crippen LogP contribution >= 0.6 is 11.3 Å². The Bertz CT molecular complexity index is 1220. The van der Waals surface area contributed by atoms with Gasteiger partial charge in [0.05, 0.1) is 12.0 Å². The van der Waals surface area contributed by atoms with E-state index >= 15 is 0 Å². The third-order valence-corrected chi connectivity index (χ3v) is 6.66. The quantitative estimate of drug-likeness (QED) is 0.430. The van der Waals surface area contributed by atoms with E-state index in [-0.39, 0.29) is 29.6 Å². The summed E-state index contributed by atoms with van der Waals surface area (Å²) in [6, 6.07) is 11.7. The molecule has 3 amide bonds. The summed E-state index contributed by atoms with van der Waals surface area (Å²) in [6.07, 6.45) is 4.23. The molecular weight excluding hydrogens is 473 g/mol. The zero-order valence-corrected chi connectivity index (χ0v) is 19.8. The van der Waals surface area contributed by atoms with E-state index in [4.69, 9.17) is 9.47 Å². The molecule has 1 aliphatic carbocycles. The molecule has 35 heavy (non-hydrogen) atoms. The average molecular weight is 498 g/mol. The second kappa shape index (κ2) is 11.0. The first-order valence-electron chi connectivity index (χ1n) is 11.0. The molecule has 1 aromatic heterocycles. The third-order valence-electron chi connectivity index (χ3n) is 5.42. The van der Waals surface area contributed by atoms with Crippen LogP contribution < -0.4 is 25.6 Å². The number of nitrogens with one attached hydrogen (secondary N) is 3. The summed E-state index contributed by atoms with van der Waals surface area (Å²) in [5, 5.41) is 2.59. The molecule has 182 valence electrons. The topological polar surface area (TPSA) is 106 Å². The average Bonchev–Trinajstić information content (AvgIpc) is 3.31. The Labute approximate surface area is 205 Å². The maximum atomic E-state index is 13.0. The minimum absolute atomic E-state index is 0.232. The number of aryl methyl sites for hydroxylation is 2. The lowest BCUT2D eigenvalue weighted by Crippen LogP contribution is -2.41. The highest BCUT2D eigenvalue weighted by atomic mass is 32.1. The fraction of sp³-hybridized carbons (Fsp3) is 0.240. The maximum Gasteiger partial charge on any atom is 0.279 e. The molecule has 2 aromatic carbocycles. The van der Waals surface area contributed by atoms with Gasteiger partial charge in [-0.3, -0.25) is 25.2 Å². The molecule has 0 aliphatic heterocycles. The van der Waals surface area contributed by atoms with Gasteiger partial charge < -0.3 is 14.8 Å². The summed E-state index contributed by atoms with van der Waals surface area (Å²) >= 11 is 1.46. The molecule has 0 bridgehead atoms. The van der Waals surface area contributed by atoms with Crippen molar-refractivity contribution in [1.82, 2.24) is 10.9 Å². The lowest BCUT2D eigenvalue weighted by molar-refractivity contribution is -0.118. The van der Waals surface area contributed by atoms with Crippen LogP contribution in [-0.4, -0.2) is 31.4 Å². The maximum absolute atomic E-state index is 13.0. The first-order valence-corrected chi connectivity index (χ1v) is 11.8. The van der Waals surface area contributed by atoms with E-state index in [0.29, 0.717) is 10.6 Å². The van der Waals surface area contributed by atoms with Crippen LogP contribution in [0, 0.1) is 5.82 Å². The van der Waals surface area contributed by atoms with Crippen molar-refractivity contribution in [2.75, 3.05) is 19.0 Å². The van der Waals surface area contributed by atoms with Crippen molar-refractivity contribution in [3.8, 4) is 11.5 Å². The number of carbonyl (C=O) groups excluding carboxylic acids is 3. The molecule has 0 saturated carbocycles. The summed E-state index contributed by atoms with van der Waals surface area (Å²) in [5.41, 5.74) is 6.74. The molecule has 3 aromatic rings. The van der Waals surface area contributed by atoms with Gasteiger partial charge in [-0.15, -0.1) is 11.3 Å². The van der Waals surface area contributed by atoms with Crippen LogP contribution in [0.1, 0.15) is 43.3 Å². The van der Waals surface area contributed by atoms with Gasteiger partial charge >= 0.3 is 0 Å². The first-order chi connectivity index (χ1) is 16.9. The molecular formula is C25H24FN3O5S. The molecule has 0 radical (unpaired) electrons. The Morgan fingerprint density at radius 3 is 2.43 bits per heavy atom. The van der Waals surface area contributed by atoms with Gasteiger partial charge in [-0.1, -0.05) is 0 Å². The van der Waals surface area contributed by atoms with Crippen molar-refractivity contribution in [3.63, 3.8) is 0 Å². The van der Waals surface area contributed by atoms with Crippen LogP contribution in [0.3, 0.4) is 0 Å². The van der Waals surface area contributed by atoms with Crippen LogP contribution in [0.2, 0.25) is 0 Å². The van der Waals surface area contributed by atoms with Crippen LogP contribution in [0.4, 0.5) is 10.1 Å². The van der Waals surface area contributed by atoms with E-state index in [1.54, 1.807) is 0 Å². The summed E-state index contributed by atoms with van der Waals surface area (Å²) < 4.78 is 23.8. The zero-order valence-electron chi connectivity index (χ0n) is 19.0. The van der Waals surface area contributed by atoms with Crippen molar-refractivity contribution in [1.29, 1.82) is 0 Å². The molecule has 0 spiro atoms. The molecule has 3 N–H and O–H groups in total. The monoisotopic (exact) mass is 497 g/mol. The molecule has 1 aliphatic rings. The van der Waals surface area contributed by atoms with Crippen molar-refractivity contribution in [2.24, 2.45) is 0 Å². The molecule has 0 fully saturated rings. The second-order valence-corrected chi connectivity index (χ2v) is 9.02. The lowest BCUT2D eigenvalue weighted by atomic mass is 9.99. The Morgan fingerprint density at radius 2 is 1.69 bits per heavy atom. The number of ether oxygens (including phenoxy) is 2. The number of thiophene rings is 1. The van der Waals surface area contributed by atoms with Gasteiger partial charge in [-0.05, 0) is 79.8 Å². The molecule has 1 heterocycles. The zero-order chi connectivity index (χ0) is 24.8. The van der Waals surface area contributed by atoms with Crippen LogP contribution in [0.15, 0.2) is 48.5 Å². The van der Waals surface area contributed by atoms with Crippen molar-refractivity contribution < 1.29 is 28.2 Å². The number of rotatable bonds is 7. The SMILES string of the molecule is COc1cc(C(=O)NNC(=O)c2cc3c(s2)CCCC3)ccc1OCC(=O)Nc1ccc(F)cc1. The number of hydrogen-bond acceptors (Lipinski definition) is 6. The van der Waals surface area contributed by atoms with E-state index in [9.17, 15) is 18.8 Å². The van der Waals surface area contributed by atoms with E-state index in [0.717, 1.165) is 25.7 Å². The molecule has 0 atom stereocenters. The highest BCUT2D eigenvalue weighted by Gasteiger charge is 2.18. The van der Waals surface area contributed by atoms with Crippen molar-refractivity contribution in [3.05, 3.63) is 75.2 Å². The number of amides is 3. The standard InChI is InChI=1S/C25H24FN3O5S/c1-33-20-12-16(6-11-19(20)34-14-23(30)27-18-9-7-17(26)8-10-18)24(31)28-29-25(32)22-13-15-4-2-3-5-21(15)35-22/h6-13H,2-5,14H2,1H3,(H,27,30)(H,28,31)(H,29,32). The molecule has 0 saturated heterocycles. The molecule has 4 rings (SSSR count). The normalized spacial score (nSPS) is 12.3. The van der Waals surface area contributed by atoms with Crippen LogP contribution in [0.25, 0.3) is 0 Å². The number of methoxy groups -OCH3 is 1. The van der Waals surface area contributed by atoms with E-state index in [2.05, 4.69) is 16.2 Å². The summed E-state index contributed by atoms with van der Waals surface area (Å²) in [6.45, 7) is -0.319. The van der Waals surface area contributed by atoms with Gasteiger partial charge in [0.25, 0.3) is 17.7 Å². The fourth-order valence-electron chi connectivity index (χ4n) is 3.65. The smallest absolute Gasteiger partial charge is 0.279 e. The summed E-state index contributed by atoms with van der Waals surface area (Å²) in [4.78, 5) is 38.9. The van der Waals surface area contributed by atoms with Gasteiger partial charge in [0.15, 0.2) is 18.1 Å². The van der Waals surface area contributed by atoms with Gasteiger partial charge in [0.2, 0.25) is 0 Å². The molecule has 0 unspecified atom stereocenters. The van der Waals surface area contributed by atoms with E-state index in [1.807, 2.05) is 6.07 Å². The van der Waals surface area contributed by atoms with Crippen LogP contribution in [-0.2, 0) is 17.6 Å². The Hall–Kier alpha value is -3.92. The number of hydrogen-bond donors (Lipinski definition) is 3. The van der Waals surface area contributed by atoms with Gasteiger partial charge in [-0.25, -0.2) is 4.39 Å². The largest absolute Gasteiger partial charge is 0.493 e. The van der Waals surface area contributed by atoms with Gasteiger partial charge in [0.1, 0.15) is 5.82 Å². The predicted molar refractivity (Wildman–Crippen MR) is 129 cm³/mol. The Kier molecular flexibility index (Phi) is 7.61. The Balaban J connectivity index is 1.31. The van der Waals surface area contributed by atoms with E-state index < -0.39 is 17.6 Å². The summed E-state index contributed by atoms with van der Waals surface area (Å²) in [5.74, 6) is -1.25. The van der Waals surface area contributed by atoms with E-state index in [1.165, 1.54) is 71.4 Å². The number of fused-ring (bicyclic) bond motifs is 1.